The second-order valence-electron chi connectivity index (χ2n) is 6.89. The number of aromatic nitrogens is 1. The van der Waals surface area contributed by atoms with Gasteiger partial charge in [0.2, 0.25) is 0 Å². The standard InChI is InChI=1S/C23H17ClN2O4/c24-17-7-3-16(4-8-17)21(28)19-20(15-5-9-18(27)10-6-15)26(23(30)22(19)29)13-14-2-1-11-25-12-14/h1-12,20,27-28H,13H2/b21-19+/t20-/m0/s1. The molecule has 2 N–H and O–H groups in total. The van der Waals surface area contributed by atoms with Gasteiger partial charge in [-0.2, -0.15) is 0 Å². The lowest BCUT2D eigenvalue weighted by Gasteiger charge is -2.25. The number of aliphatic hydroxyl groups is 1. The number of aliphatic hydroxyl groups excluding tert-OH is 1. The monoisotopic (exact) mass is 420 g/mol. The van der Waals surface area contributed by atoms with E-state index in [1.165, 1.54) is 17.0 Å². The number of halogens is 1. The summed E-state index contributed by atoms with van der Waals surface area (Å²) < 4.78 is 0. The molecule has 0 bridgehead atoms. The zero-order valence-electron chi connectivity index (χ0n) is 15.7. The van der Waals surface area contributed by atoms with E-state index in [1.54, 1.807) is 60.9 Å². The van der Waals surface area contributed by atoms with Crippen molar-refractivity contribution < 1.29 is 19.8 Å². The topological polar surface area (TPSA) is 90.7 Å². The molecule has 150 valence electrons. The molecular weight excluding hydrogens is 404 g/mol. The first kappa shape index (κ1) is 19.7. The summed E-state index contributed by atoms with van der Waals surface area (Å²) in [7, 11) is 0. The lowest BCUT2D eigenvalue weighted by atomic mass is 9.95. The van der Waals surface area contributed by atoms with Gasteiger partial charge in [-0.1, -0.05) is 29.8 Å². The molecule has 6 nitrogen and oxygen atoms in total. The van der Waals surface area contributed by atoms with Crippen LogP contribution in [0, 0.1) is 0 Å². The molecule has 0 aliphatic carbocycles. The molecule has 3 aromatic rings. The van der Waals surface area contributed by atoms with E-state index in [4.69, 9.17) is 11.6 Å². The first-order chi connectivity index (χ1) is 14.5. The predicted molar refractivity (Wildman–Crippen MR) is 112 cm³/mol. The smallest absolute Gasteiger partial charge is 0.295 e. The van der Waals surface area contributed by atoms with E-state index in [9.17, 15) is 19.8 Å². The molecule has 1 aromatic heterocycles. The molecule has 30 heavy (non-hydrogen) atoms. The highest BCUT2D eigenvalue weighted by molar-refractivity contribution is 6.46. The number of nitrogens with zero attached hydrogens (tertiary/aromatic N) is 2. The first-order valence-electron chi connectivity index (χ1n) is 9.18. The number of phenolic OH excluding ortho intramolecular Hbond substituents is 1. The first-order valence-corrected chi connectivity index (χ1v) is 9.55. The van der Waals surface area contributed by atoms with Gasteiger partial charge in [-0.3, -0.25) is 14.6 Å². The second kappa shape index (κ2) is 8.00. The molecule has 2 heterocycles. The summed E-state index contributed by atoms with van der Waals surface area (Å²) in [6.07, 6.45) is 3.24. The Bertz CT molecular complexity index is 1130. The summed E-state index contributed by atoms with van der Waals surface area (Å²) in [5.74, 6) is -1.71. The summed E-state index contributed by atoms with van der Waals surface area (Å²) in [4.78, 5) is 31.3. The highest BCUT2D eigenvalue weighted by Crippen LogP contribution is 2.40. The maximum atomic E-state index is 12.9. The summed E-state index contributed by atoms with van der Waals surface area (Å²) in [5, 5.41) is 21.1. The highest BCUT2D eigenvalue weighted by Gasteiger charge is 2.46. The van der Waals surface area contributed by atoms with Crippen molar-refractivity contribution in [2.75, 3.05) is 0 Å². The number of rotatable bonds is 4. The average molecular weight is 421 g/mol. The Morgan fingerprint density at radius 2 is 1.73 bits per heavy atom. The van der Waals surface area contributed by atoms with Crippen LogP contribution in [0.1, 0.15) is 22.7 Å². The Hall–Kier alpha value is -3.64. The van der Waals surface area contributed by atoms with E-state index >= 15 is 0 Å². The molecule has 1 aliphatic heterocycles. The van der Waals surface area contributed by atoms with Crippen molar-refractivity contribution in [1.29, 1.82) is 0 Å². The van der Waals surface area contributed by atoms with Crippen LogP contribution in [0.25, 0.3) is 5.76 Å². The van der Waals surface area contributed by atoms with Gasteiger partial charge in [-0.25, -0.2) is 0 Å². The van der Waals surface area contributed by atoms with Crippen molar-refractivity contribution in [3.05, 3.63) is 100 Å². The molecule has 1 atom stereocenters. The normalized spacial score (nSPS) is 18.0. The third kappa shape index (κ3) is 3.65. The number of hydrogen-bond donors (Lipinski definition) is 2. The van der Waals surface area contributed by atoms with Gasteiger partial charge in [0.15, 0.2) is 0 Å². The summed E-state index contributed by atoms with van der Waals surface area (Å²) in [5.41, 5.74) is 1.69. The van der Waals surface area contributed by atoms with E-state index in [1.807, 2.05) is 0 Å². The van der Waals surface area contributed by atoms with E-state index in [2.05, 4.69) is 4.98 Å². The fourth-order valence-electron chi connectivity index (χ4n) is 3.50. The van der Waals surface area contributed by atoms with E-state index in [-0.39, 0.29) is 23.6 Å². The molecule has 0 saturated carbocycles. The van der Waals surface area contributed by atoms with Gasteiger partial charge < -0.3 is 15.1 Å². The minimum atomic E-state index is -0.818. The third-order valence-electron chi connectivity index (χ3n) is 4.94. The summed E-state index contributed by atoms with van der Waals surface area (Å²) in [6.45, 7) is 0.140. The molecule has 1 aliphatic rings. The molecule has 0 unspecified atom stereocenters. The van der Waals surface area contributed by atoms with Crippen molar-refractivity contribution in [2.24, 2.45) is 0 Å². The van der Waals surface area contributed by atoms with Crippen molar-refractivity contribution in [2.45, 2.75) is 12.6 Å². The van der Waals surface area contributed by atoms with E-state index in [0.717, 1.165) is 5.56 Å². The summed E-state index contributed by atoms with van der Waals surface area (Å²) >= 11 is 5.92. The number of ketones is 1. The fourth-order valence-corrected chi connectivity index (χ4v) is 3.62. The number of hydrogen-bond acceptors (Lipinski definition) is 5. The largest absolute Gasteiger partial charge is 0.508 e. The molecule has 4 rings (SSSR count). The van der Waals surface area contributed by atoms with Gasteiger partial charge in [0.1, 0.15) is 11.5 Å². The van der Waals surface area contributed by atoms with Crippen molar-refractivity contribution in [3.8, 4) is 5.75 Å². The lowest BCUT2D eigenvalue weighted by molar-refractivity contribution is -0.140. The van der Waals surface area contributed by atoms with Gasteiger partial charge in [-0.15, -0.1) is 0 Å². The minimum Gasteiger partial charge on any atom is -0.508 e. The molecule has 0 radical (unpaired) electrons. The molecule has 2 aromatic carbocycles. The van der Waals surface area contributed by atoms with Gasteiger partial charge in [0, 0.05) is 29.5 Å². The zero-order chi connectivity index (χ0) is 21.3. The number of amides is 1. The number of benzene rings is 2. The fraction of sp³-hybridized carbons (Fsp3) is 0.0870. The number of Topliss-reactive ketones (excluding diaryl/α,β-unsaturated/α-hetero) is 1. The summed E-state index contributed by atoms with van der Waals surface area (Å²) in [6, 6.07) is 15.3. The molecule has 0 spiro atoms. The van der Waals surface area contributed by atoms with Gasteiger partial charge in [-0.05, 0) is 53.6 Å². The van der Waals surface area contributed by atoms with Crippen LogP contribution in [0.4, 0.5) is 0 Å². The Morgan fingerprint density at radius 1 is 1.03 bits per heavy atom. The molecule has 7 heteroatoms. The van der Waals surface area contributed by atoms with Gasteiger partial charge in [0.25, 0.3) is 11.7 Å². The van der Waals surface area contributed by atoms with E-state index in [0.29, 0.717) is 16.1 Å². The maximum Gasteiger partial charge on any atom is 0.295 e. The lowest BCUT2D eigenvalue weighted by Crippen LogP contribution is -2.29. The number of carbonyl (C=O) groups excluding carboxylic acids is 2. The molecular formula is C23H17ClN2O4. The van der Waals surface area contributed by atoms with Crippen LogP contribution in [0.3, 0.4) is 0 Å². The quantitative estimate of drug-likeness (QED) is 0.377. The second-order valence-corrected chi connectivity index (χ2v) is 7.32. The van der Waals surface area contributed by atoms with Crippen LogP contribution in [0.2, 0.25) is 5.02 Å². The van der Waals surface area contributed by atoms with Gasteiger partial charge in [0.05, 0.1) is 11.6 Å². The molecule has 1 fully saturated rings. The van der Waals surface area contributed by atoms with Crippen LogP contribution < -0.4 is 0 Å². The van der Waals surface area contributed by atoms with Crippen LogP contribution in [0.15, 0.2) is 78.6 Å². The van der Waals surface area contributed by atoms with E-state index < -0.39 is 17.7 Å². The zero-order valence-corrected chi connectivity index (χ0v) is 16.5. The average Bonchev–Trinajstić information content (AvgIpc) is 3.00. The Kier molecular flexibility index (Phi) is 5.25. The SMILES string of the molecule is O=C1C(=O)N(Cc2cccnc2)[C@@H](c2ccc(O)cc2)/C1=C(\O)c1ccc(Cl)cc1. The van der Waals surface area contributed by atoms with Crippen molar-refractivity contribution in [1.82, 2.24) is 9.88 Å². The predicted octanol–water partition coefficient (Wildman–Crippen LogP) is 4.06. The van der Waals surface area contributed by atoms with Crippen LogP contribution >= 0.6 is 11.6 Å². The molecule has 1 saturated heterocycles. The highest BCUT2D eigenvalue weighted by atomic mass is 35.5. The Morgan fingerprint density at radius 3 is 2.37 bits per heavy atom. The number of aromatic hydroxyl groups is 1. The third-order valence-corrected chi connectivity index (χ3v) is 5.19. The van der Waals surface area contributed by atoms with Crippen LogP contribution in [-0.4, -0.2) is 31.8 Å². The Balaban J connectivity index is 1.85. The van der Waals surface area contributed by atoms with Crippen molar-refractivity contribution in [3.63, 3.8) is 0 Å². The van der Waals surface area contributed by atoms with Crippen molar-refractivity contribution >= 4 is 29.1 Å². The number of likely N-dealkylation sites (tertiary alicyclic amines) is 1. The number of pyridine rings is 1. The minimum absolute atomic E-state index is 0.0168. The number of carbonyl (C=O) groups is 2. The van der Waals surface area contributed by atoms with Gasteiger partial charge >= 0.3 is 0 Å². The van der Waals surface area contributed by atoms with Crippen LogP contribution in [0.5, 0.6) is 5.75 Å². The van der Waals surface area contributed by atoms with Crippen LogP contribution in [-0.2, 0) is 16.1 Å². The maximum absolute atomic E-state index is 12.9. The Labute approximate surface area is 177 Å². The molecule has 1 amide bonds. The number of phenols is 1.